The number of nitrogens with zero attached hydrogens (tertiary/aromatic N) is 2. The van der Waals surface area contributed by atoms with E-state index < -0.39 is 22.5 Å². The lowest BCUT2D eigenvalue weighted by atomic mass is 10.2. The van der Waals surface area contributed by atoms with Gasteiger partial charge in [-0.15, -0.1) is 0 Å². The summed E-state index contributed by atoms with van der Waals surface area (Å²) in [5.41, 5.74) is 2.85. The summed E-state index contributed by atoms with van der Waals surface area (Å²) in [6.07, 6.45) is 2.22. The Labute approximate surface area is 162 Å². The lowest BCUT2D eigenvalue weighted by Crippen LogP contribution is -2.38. The van der Waals surface area contributed by atoms with Crippen molar-refractivity contribution in [3.63, 3.8) is 0 Å². The molecule has 0 radical (unpaired) electrons. The second-order valence-corrected chi connectivity index (χ2v) is 7.78. The van der Waals surface area contributed by atoms with Gasteiger partial charge in [-0.05, 0) is 36.4 Å². The maximum Gasteiger partial charge on any atom is 0.260 e. The number of amides is 1. The number of sulfonamides is 1. The molecule has 0 aliphatic heterocycles. The molecule has 0 unspecified atom stereocenters. The second-order valence-electron chi connectivity index (χ2n) is 5.44. The molecule has 8 nitrogen and oxygen atoms in total. The normalized spacial score (nSPS) is 11.4. The van der Waals surface area contributed by atoms with E-state index >= 15 is 0 Å². The smallest absolute Gasteiger partial charge is 0.260 e. The Balaban J connectivity index is 2.09. The molecule has 0 fully saturated rings. The minimum Gasteiger partial charge on any atom is -0.504 e. The monoisotopic (exact) mass is 411 g/mol. The highest BCUT2D eigenvalue weighted by Gasteiger charge is 2.20. The zero-order chi connectivity index (χ0) is 20.0. The molecule has 2 N–H and O–H groups in total. The third-order valence-electron chi connectivity index (χ3n) is 3.45. The van der Waals surface area contributed by atoms with Crippen LogP contribution in [0.4, 0.5) is 5.69 Å². The number of ether oxygens (including phenoxy) is 1. The van der Waals surface area contributed by atoms with Gasteiger partial charge < -0.3 is 9.84 Å². The average molecular weight is 412 g/mol. The van der Waals surface area contributed by atoms with Crippen LogP contribution in [0.15, 0.2) is 47.6 Å². The quantitative estimate of drug-likeness (QED) is 0.535. The number of benzene rings is 2. The minimum atomic E-state index is -3.70. The molecule has 144 valence electrons. The molecule has 0 heterocycles. The van der Waals surface area contributed by atoms with Gasteiger partial charge in [-0.25, -0.2) is 13.8 Å². The van der Waals surface area contributed by atoms with Crippen molar-refractivity contribution in [1.29, 1.82) is 0 Å². The van der Waals surface area contributed by atoms with Crippen molar-refractivity contribution >= 4 is 39.4 Å². The molecule has 2 aromatic rings. The maximum absolute atomic E-state index is 12.1. The number of phenolic OH excluding ortho intramolecular Hbond substituents is 1. The van der Waals surface area contributed by atoms with Gasteiger partial charge in [-0.1, -0.05) is 17.7 Å². The average Bonchev–Trinajstić information content (AvgIpc) is 2.61. The molecule has 0 atom stereocenters. The Morgan fingerprint density at radius 1 is 1.30 bits per heavy atom. The molecule has 0 saturated heterocycles. The van der Waals surface area contributed by atoms with Crippen LogP contribution in [0.2, 0.25) is 5.02 Å². The van der Waals surface area contributed by atoms with E-state index in [9.17, 15) is 18.3 Å². The van der Waals surface area contributed by atoms with E-state index in [0.717, 1.165) is 10.6 Å². The Hall–Kier alpha value is -2.78. The molecule has 0 aliphatic carbocycles. The first kappa shape index (κ1) is 20.5. The zero-order valence-corrected chi connectivity index (χ0v) is 16.2. The number of anilines is 1. The molecule has 0 aliphatic rings. The van der Waals surface area contributed by atoms with Gasteiger partial charge in [0.2, 0.25) is 10.0 Å². The van der Waals surface area contributed by atoms with Crippen LogP contribution >= 0.6 is 11.6 Å². The summed E-state index contributed by atoms with van der Waals surface area (Å²) in [6, 6.07) is 10.8. The molecular weight excluding hydrogens is 394 g/mol. The van der Waals surface area contributed by atoms with Crippen LogP contribution in [0.5, 0.6) is 11.5 Å². The van der Waals surface area contributed by atoms with Gasteiger partial charge in [-0.2, -0.15) is 5.10 Å². The largest absolute Gasteiger partial charge is 0.504 e. The fourth-order valence-corrected chi connectivity index (χ4v) is 3.14. The summed E-state index contributed by atoms with van der Waals surface area (Å²) >= 11 is 5.80. The number of carbonyl (C=O) groups excluding carboxylic acids is 1. The van der Waals surface area contributed by atoms with Crippen LogP contribution in [0, 0.1) is 0 Å². The van der Waals surface area contributed by atoms with Crippen molar-refractivity contribution in [2.45, 2.75) is 0 Å². The van der Waals surface area contributed by atoms with Crippen LogP contribution in [0.1, 0.15) is 5.56 Å². The van der Waals surface area contributed by atoms with E-state index in [2.05, 4.69) is 10.5 Å². The lowest BCUT2D eigenvalue weighted by molar-refractivity contribution is -0.119. The Kier molecular flexibility index (Phi) is 6.65. The van der Waals surface area contributed by atoms with Gasteiger partial charge in [-0.3, -0.25) is 9.10 Å². The third-order valence-corrected chi connectivity index (χ3v) is 4.84. The number of aromatic hydroxyl groups is 1. The summed E-state index contributed by atoms with van der Waals surface area (Å²) in [7, 11) is -2.29. The first-order chi connectivity index (χ1) is 12.7. The Morgan fingerprint density at radius 3 is 2.56 bits per heavy atom. The first-order valence-electron chi connectivity index (χ1n) is 7.63. The molecular formula is C17H18ClN3O5S. The maximum atomic E-state index is 12.1. The van der Waals surface area contributed by atoms with Crippen LogP contribution in [-0.4, -0.2) is 45.6 Å². The SMILES string of the molecule is COc1cccc(/C=N\NC(=O)CN(c2ccc(Cl)cc2)S(C)(=O)=O)c1O. The second kappa shape index (κ2) is 8.74. The van der Waals surface area contributed by atoms with Crippen molar-refractivity contribution in [3.8, 4) is 11.5 Å². The molecule has 27 heavy (non-hydrogen) atoms. The summed E-state index contributed by atoms with van der Waals surface area (Å²) < 4.78 is 29.9. The summed E-state index contributed by atoms with van der Waals surface area (Å²) in [4.78, 5) is 12.1. The molecule has 2 rings (SSSR count). The zero-order valence-electron chi connectivity index (χ0n) is 14.6. The van der Waals surface area contributed by atoms with Gasteiger partial charge >= 0.3 is 0 Å². The summed E-state index contributed by atoms with van der Waals surface area (Å²) in [6.45, 7) is -0.470. The number of hydrogen-bond donors (Lipinski definition) is 2. The predicted molar refractivity (Wildman–Crippen MR) is 104 cm³/mol. The van der Waals surface area contributed by atoms with Crippen LogP contribution in [0.25, 0.3) is 0 Å². The molecule has 0 spiro atoms. The number of hydrazone groups is 1. The van der Waals surface area contributed by atoms with E-state index in [1.807, 2.05) is 0 Å². The van der Waals surface area contributed by atoms with Crippen molar-refractivity contribution in [1.82, 2.24) is 5.43 Å². The fraction of sp³-hybridized carbons (Fsp3) is 0.176. The lowest BCUT2D eigenvalue weighted by Gasteiger charge is -2.21. The van der Waals surface area contributed by atoms with Crippen molar-refractivity contribution in [3.05, 3.63) is 53.1 Å². The predicted octanol–water partition coefficient (Wildman–Crippen LogP) is 1.97. The van der Waals surface area contributed by atoms with E-state index in [-0.39, 0.29) is 11.5 Å². The minimum absolute atomic E-state index is 0.128. The van der Waals surface area contributed by atoms with Crippen molar-refractivity contribution in [2.75, 3.05) is 24.2 Å². The number of phenols is 1. The first-order valence-corrected chi connectivity index (χ1v) is 9.86. The van der Waals surface area contributed by atoms with E-state index in [4.69, 9.17) is 16.3 Å². The van der Waals surface area contributed by atoms with Crippen LogP contribution in [-0.2, 0) is 14.8 Å². The number of rotatable bonds is 7. The topological polar surface area (TPSA) is 108 Å². The number of hydrogen-bond acceptors (Lipinski definition) is 6. The van der Waals surface area contributed by atoms with Gasteiger partial charge in [0.15, 0.2) is 11.5 Å². The standard InChI is InChI=1S/C17H18ClN3O5S/c1-26-15-5-3-4-12(17(15)23)10-19-20-16(22)11-21(27(2,24)25)14-8-6-13(18)7-9-14/h3-10,23H,11H2,1-2H3,(H,20,22)/b19-10-. The van der Waals surface area contributed by atoms with E-state index in [0.29, 0.717) is 16.3 Å². The van der Waals surface area contributed by atoms with Crippen LogP contribution < -0.4 is 14.5 Å². The molecule has 1 amide bonds. The number of methoxy groups -OCH3 is 1. The van der Waals surface area contributed by atoms with Gasteiger partial charge in [0.05, 0.1) is 25.3 Å². The Morgan fingerprint density at radius 2 is 1.96 bits per heavy atom. The molecule has 0 aromatic heterocycles. The van der Waals surface area contributed by atoms with Gasteiger partial charge in [0.1, 0.15) is 6.54 Å². The highest BCUT2D eigenvalue weighted by Crippen LogP contribution is 2.27. The summed E-state index contributed by atoms with van der Waals surface area (Å²) in [5, 5.41) is 14.1. The summed E-state index contributed by atoms with van der Waals surface area (Å²) in [5.74, 6) is -0.526. The van der Waals surface area contributed by atoms with Crippen molar-refractivity contribution in [2.24, 2.45) is 5.10 Å². The number of para-hydroxylation sites is 1. The van der Waals surface area contributed by atoms with Crippen molar-refractivity contribution < 1.29 is 23.1 Å². The molecule has 0 bridgehead atoms. The highest BCUT2D eigenvalue weighted by atomic mass is 35.5. The molecule has 0 saturated carbocycles. The number of carbonyl (C=O) groups is 1. The molecule has 2 aromatic carbocycles. The number of halogens is 1. The van der Waals surface area contributed by atoms with E-state index in [1.54, 1.807) is 18.2 Å². The van der Waals surface area contributed by atoms with E-state index in [1.165, 1.54) is 37.6 Å². The number of nitrogens with one attached hydrogen (secondary N) is 1. The van der Waals surface area contributed by atoms with Gasteiger partial charge in [0, 0.05) is 10.6 Å². The van der Waals surface area contributed by atoms with Crippen LogP contribution in [0.3, 0.4) is 0 Å². The fourth-order valence-electron chi connectivity index (χ4n) is 2.16. The highest BCUT2D eigenvalue weighted by molar-refractivity contribution is 7.92. The Bertz CT molecular complexity index is 946. The molecule has 10 heteroatoms. The van der Waals surface area contributed by atoms with Gasteiger partial charge in [0.25, 0.3) is 5.91 Å². The third kappa shape index (κ3) is 5.60.